The SMILES string of the molecule is C=C(C)c1cccc(C(C)(C)NC(=O)N/N=C/c2cccnc2)c1. The highest BCUT2D eigenvalue weighted by molar-refractivity contribution is 5.81. The van der Waals surface area contributed by atoms with Crippen molar-refractivity contribution in [1.29, 1.82) is 0 Å². The topological polar surface area (TPSA) is 66.4 Å². The van der Waals surface area contributed by atoms with Crippen LogP contribution in [0.1, 0.15) is 37.5 Å². The molecule has 0 aliphatic rings. The van der Waals surface area contributed by atoms with E-state index in [4.69, 9.17) is 0 Å². The molecule has 5 heteroatoms. The Morgan fingerprint density at radius 3 is 2.75 bits per heavy atom. The second-order valence-corrected chi connectivity index (χ2v) is 6.10. The van der Waals surface area contributed by atoms with Gasteiger partial charge in [-0.05, 0) is 44.0 Å². The summed E-state index contributed by atoms with van der Waals surface area (Å²) in [6.45, 7) is 9.79. The Kier molecular flexibility index (Phi) is 5.47. The number of allylic oxidation sites excluding steroid dienone is 1. The lowest BCUT2D eigenvalue weighted by atomic mass is 9.92. The number of nitrogens with one attached hydrogen (secondary N) is 2. The quantitative estimate of drug-likeness (QED) is 0.651. The molecule has 1 heterocycles. The van der Waals surface area contributed by atoms with Crippen LogP contribution in [0.3, 0.4) is 0 Å². The third kappa shape index (κ3) is 4.78. The Hall–Kier alpha value is -2.95. The maximum Gasteiger partial charge on any atom is 0.335 e. The van der Waals surface area contributed by atoms with Gasteiger partial charge in [-0.1, -0.05) is 36.4 Å². The van der Waals surface area contributed by atoms with Gasteiger partial charge in [0.25, 0.3) is 0 Å². The van der Waals surface area contributed by atoms with E-state index in [2.05, 4.69) is 27.4 Å². The van der Waals surface area contributed by atoms with Gasteiger partial charge in [-0.15, -0.1) is 0 Å². The van der Waals surface area contributed by atoms with Gasteiger partial charge in [-0.25, -0.2) is 10.2 Å². The van der Waals surface area contributed by atoms with Gasteiger partial charge in [-0.3, -0.25) is 4.98 Å². The maximum atomic E-state index is 12.1. The number of pyridine rings is 1. The van der Waals surface area contributed by atoms with Gasteiger partial charge in [0.2, 0.25) is 0 Å². The fraction of sp³-hybridized carbons (Fsp3) is 0.211. The van der Waals surface area contributed by atoms with Crippen LogP contribution in [0, 0.1) is 0 Å². The predicted molar refractivity (Wildman–Crippen MR) is 97.7 cm³/mol. The van der Waals surface area contributed by atoms with Gasteiger partial charge in [0.1, 0.15) is 0 Å². The van der Waals surface area contributed by atoms with E-state index in [0.29, 0.717) is 0 Å². The molecule has 1 aromatic carbocycles. The van der Waals surface area contributed by atoms with Gasteiger partial charge in [-0.2, -0.15) is 5.10 Å². The first-order valence-electron chi connectivity index (χ1n) is 7.66. The van der Waals surface area contributed by atoms with Crippen molar-refractivity contribution in [3.8, 4) is 0 Å². The molecule has 0 saturated carbocycles. The highest BCUT2D eigenvalue weighted by atomic mass is 16.2. The van der Waals surface area contributed by atoms with E-state index in [-0.39, 0.29) is 6.03 Å². The van der Waals surface area contributed by atoms with E-state index in [0.717, 1.165) is 22.3 Å². The Morgan fingerprint density at radius 2 is 2.08 bits per heavy atom. The van der Waals surface area contributed by atoms with E-state index in [1.165, 1.54) is 0 Å². The number of urea groups is 1. The third-order valence-corrected chi connectivity index (χ3v) is 3.57. The van der Waals surface area contributed by atoms with Crippen molar-refractivity contribution in [2.45, 2.75) is 26.3 Å². The smallest absolute Gasteiger partial charge is 0.328 e. The first-order chi connectivity index (χ1) is 11.4. The van der Waals surface area contributed by atoms with Crippen molar-refractivity contribution in [1.82, 2.24) is 15.7 Å². The van der Waals surface area contributed by atoms with Gasteiger partial charge in [0.15, 0.2) is 0 Å². The lowest BCUT2D eigenvalue weighted by Crippen LogP contribution is -2.45. The molecular weight excluding hydrogens is 300 g/mol. The Bertz CT molecular complexity index is 751. The number of hydrogen-bond acceptors (Lipinski definition) is 3. The molecule has 2 amide bonds. The predicted octanol–water partition coefficient (Wildman–Crippen LogP) is 3.68. The molecule has 124 valence electrons. The molecule has 0 unspecified atom stereocenters. The van der Waals surface area contributed by atoms with Gasteiger partial charge in [0, 0.05) is 18.0 Å². The molecule has 0 saturated heterocycles. The molecule has 2 rings (SSSR count). The number of nitrogens with zero attached hydrogens (tertiary/aromatic N) is 2. The first-order valence-corrected chi connectivity index (χ1v) is 7.66. The molecule has 0 spiro atoms. The van der Waals surface area contributed by atoms with Crippen LogP contribution in [-0.4, -0.2) is 17.2 Å². The molecule has 0 aliphatic carbocycles. The molecule has 24 heavy (non-hydrogen) atoms. The summed E-state index contributed by atoms with van der Waals surface area (Å²) in [6.07, 6.45) is 4.89. The van der Waals surface area contributed by atoms with Crippen molar-refractivity contribution in [2.75, 3.05) is 0 Å². The third-order valence-electron chi connectivity index (χ3n) is 3.57. The number of rotatable bonds is 5. The van der Waals surface area contributed by atoms with Crippen LogP contribution < -0.4 is 10.7 Å². The number of carbonyl (C=O) groups excluding carboxylic acids is 1. The molecule has 0 atom stereocenters. The Labute approximate surface area is 142 Å². The molecule has 0 aliphatic heterocycles. The van der Waals surface area contributed by atoms with Crippen molar-refractivity contribution in [3.63, 3.8) is 0 Å². The summed E-state index contributed by atoms with van der Waals surface area (Å²) in [5, 5.41) is 6.84. The van der Waals surface area contributed by atoms with Gasteiger partial charge < -0.3 is 5.32 Å². The standard InChI is InChI=1S/C19H22N4O/c1-14(2)16-8-5-9-17(11-16)19(3,4)22-18(24)23-21-13-15-7-6-10-20-12-15/h5-13H,1H2,2-4H3,(H2,22,23,24)/b21-13+. The van der Waals surface area contributed by atoms with Crippen LogP contribution in [-0.2, 0) is 5.54 Å². The average molecular weight is 322 g/mol. The number of carbonyl (C=O) groups is 1. The van der Waals surface area contributed by atoms with Crippen LogP contribution in [0.4, 0.5) is 4.79 Å². The van der Waals surface area contributed by atoms with E-state index < -0.39 is 5.54 Å². The summed E-state index contributed by atoms with van der Waals surface area (Å²) in [5.74, 6) is 0. The van der Waals surface area contributed by atoms with E-state index in [1.807, 2.05) is 51.1 Å². The lowest BCUT2D eigenvalue weighted by Gasteiger charge is -2.27. The summed E-state index contributed by atoms with van der Waals surface area (Å²) in [6, 6.07) is 11.2. The molecule has 1 aromatic heterocycles. The molecule has 2 aromatic rings. The summed E-state index contributed by atoms with van der Waals surface area (Å²) >= 11 is 0. The highest BCUT2D eigenvalue weighted by Crippen LogP contribution is 2.23. The van der Waals surface area contributed by atoms with Crippen molar-refractivity contribution < 1.29 is 4.79 Å². The Balaban J connectivity index is 2.00. The van der Waals surface area contributed by atoms with Crippen LogP contribution >= 0.6 is 0 Å². The van der Waals surface area contributed by atoms with Crippen molar-refractivity contribution >= 4 is 17.8 Å². The summed E-state index contributed by atoms with van der Waals surface area (Å²) in [5.41, 5.74) is 5.77. The normalized spacial score (nSPS) is 11.3. The Morgan fingerprint density at radius 1 is 1.29 bits per heavy atom. The minimum absolute atomic E-state index is 0.374. The first kappa shape index (κ1) is 17.4. The number of amides is 2. The van der Waals surface area contributed by atoms with Crippen LogP contribution in [0.5, 0.6) is 0 Å². The van der Waals surface area contributed by atoms with Crippen LogP contribution in [0.2, 0.25) is 0 Å². The summed E-state index contributed by atoms with van der Waals surface area (Å²) in [4.78, 5) is 16.0. The number of benzene rings is 1. The van der Waals surface area contributed by atoms with E-state index >= 15 is 0 Å². The van der Waals surface area contributed by atoms with E-state index in [9.17, 15) is 4.79 Å². The summed E-state index contributed by atoms with van der Waals surface area (Å²) in [7, 11) is 0. The molecule has 0 fully saturated rings. The zero-order valence-corrected chi connectivity index (χ0v) is 14.2. The molecule has 0 radical (unpaired) electrons. The largest absolute Gasteiger partial charge is 0.335 e. The maximum absolute atomic E-state index is 12.1. The molecule has 0 bridgehead atoms. The highest BCUT2D eigenvalue weighted by Gasteiger charge is 2.23. The van der Waals surface area contributed by atoms with Gasteiger partial charge in [0.05, 0.1) is 11.8 Å². The van der Waals surface area contributed by atoms with Crippen molar-refractivity contribution in [2.24, 2.45) is 5.10 Å². The number of hydrazone groups is 1. The fourth-order valence-electron chi connectivity index (χ4n) is 2.18. The minimum atomic E-state index is -0.542. The fourth-order valence-corrected chi connectivity index (χ4v) is 2.18. The second-order valence-electron chi connectivity index (χ2n) is 6.10. The van der Waals surface area contributed by atoms with E-state index in [1.54, 1.807) is 24.7 Å². The lowest BCUT2D eigenvalue weighted by molar-refractivity contribution is 0.230. The summed E-state index contributed by atoms with van der Waals surface area (Å²) < 4.78 is 0. The van der Waals surface area contributed by atoms with Crippen LogP contribution in [0.15, 0.2) is 60.5 Å². The molecule has 5 nitrogen and oxygen atoms in total. The molecule has 2 N–H and O–H groups in total. The average Bonchev–Trinajstić information content (AvgIpc) is 2.55. The minimum Gasteiger partial charge on any atom is -0.328 e. The zero-order valence-electron chi connectivity index (χ0n) is 14.2. The molecular formula is C19H22N4O. The van der Waals surface area contributed by atoms with Crippen molar-refractivity contribution in [3.05, 3.63) is 72.1 Å². The van der Waals surface area contributed by atoms with Crippen LogP contribution in [0.25, 0.3) is 5.57 Å². The monoisotopic (exact) mass is 322 g/mol. The van der Waals surface area contributed by atoms with Gasteiger partial charge >= 0.3 is 6.03 Å². The number of aromatic nitrogens is 1. The zero-order chi connectivity index (χ0) is 17.6. The number of hydrogen-bond donors (Lipinski definition) is 2. The second kappa shape index (κ2) is 7.55.